The Kier molecular flexibility index (Phi) is 5.23. The molecule has 0 aliphatic carbocycles. The maximum Gasteiger partial charge on any atom is 0.339 e. The molecule has 0 aromatic heterocycles. The average molecular weight is 333 g/mol. The lowest BCUT2D eigenvalue weighted by Crippen LogP contribution is -2.31. The normalized spacial score (nSPS) is 18.7. The van der Waals surface area contributed by atoms with Gasteiger partial charge in [-0.15, -0.1) is 0 Å². The zero-order valence-corrected chi connectivity index (χ0v) is 13.1. The van der Waals surface area contributed by atoms with Crippen LogP contribution in [0.4, 0.5) is 4.39 Å². The summed E-state index contributed by atoms with van der Waals surface area (Å²) in [5, 5.41) is 0.218. The highest BCUT2D eigenvalue weighted by Gasteiger charge is 2.25. The standard InChI is InChI=1S/C13H16FNO4S2/c1-19-13(16)11-5-4-9(14)7-12(11)21(17,18)15-8-10-3-2-6-20-10/h4-5,7,10,15H,2-3,6,8H2,1H3. The number of thioether (sulfide) groups is 1. The van der Waals surface area contributed by atoms with E-state index in [1.165, 1.54) is 0 Å². The van der Waals surface area contributed by atoms with E-state index in [4.69, 9.17) is 0 Å². The van der Waals surface area contributed by atoms with Crippen LogP contribution in [-0.4, -0.2) is 39.0 Å². The number of hydrogen-bond donors (Lipinski definition) is 1. The van der Waals surface area contributed by atoms with Crippen LogP contribution in [0.3, 0.4) is 0 Å². The van der Waals surface area contributed by atoms with Gasteiger partial charge in [0, 0.05) is 11.8 Å². The Balaban J connectivity index is 2.25. The number of nitrogens with one attached hydrogen (secondary N) is 1. The summed E-state index contributed by atoms with van der Waals surface area (Å²) in [5.41, 5.74) is -0.175. The molecule has 1 aliphatic rings. The number of ether oxygens (including phenoxy) is 1. The molecule has 21 heavy (non-hydrogen) atoms. The van der Waals surface area contributed by atoms with Crippen LogP contribution in [0.5, 0.6) is 0 Å². The van der Waals surface area contributed by atoms with Crippen molar-refractivity contribution in [1.29, 1.82) is 0 Å². The van der Waals surface area contributed by atoms with E-state index in [-0.39, 0.29) is 17.4 Å². The van der Waals surface area contributed by atoms with Crippen molar-refractivity contribution >= 4 is 27.8 Å². The predicted octanol–water partition coefficient (Wildman–Crippen LogP) is 1.79. The Morgan fingerprint density at radius 2 is 2.29 bits per heavy atom. The summed E-state index contributed by atoms with van der Waals surface area (Å²) in [4.78, 5) is 11.2. The fraction of sp³-hybridized carbons (Fsp3) is 0.462. The summed E-state index contributed by atoms with van der Waals surface area (Å²) in [6, 6.07) is 2.97. The number of carbonyl (C=O) groups is 1. The largest absolute Gasteiger partial charge is 0.465 e. The second-order valence-electron chi connectivity index (χ2n) is 4.62. The summed E-state index contributed by atoms with van der Waals surface area (Å²) in [5.74, 6) is -0.524. The molecular weight excluding hydrogens is 317 g/mol. The molecule has 1 unspecified atom stereocenters. The molecule has 1 aliphatic heterocycles. The van der Waals surface area contributed by atoms with Crippen LogP contribution in [0.25, 0.3) is 0 Å². The van der Waals surface area contributed by atoms with Crippen LogP contribution in [0, 0.1) is 5.82 Å². The number of carbonyl (C=O) groups excluding carboxylic acids is 1. The van der Waals surface area contributed by atoms with Crippen molar-refractivity contribution in [1.82, 2.24) is 4.72 Å². The molecule has 1 saturated heterocycles. The second kappa shape index (κ2) is 6.76. The Bertz CT molecular complexity index is 627. The number of rotatable bonds is 5. The minimum Gasteiger partial charge on any atom is -0.465 e. The molecule has 1 heterocycles. The number of esters is 1. The van der Waals surface area contributed by atoms with E-state index in [2.05, 4.69) is 9.46 Å². The predicted molar refractivity (Wildman–Crippen MR) is 78.4 cm³/mol. The number of methoxy groups -OCH3 is 1. The van der Waals surface area contributed by atoms with Crippen LogP contribution in [0.15, 0.2) is 23.1 Å². The maximum absolute atomic E-state index is 13.3. The molecular formula is C13H16FNO4S2. The Labute approximate surface area is 127 Å². The quantitative estimate of drug-likeness (QED) is 0.832. The highest BCUT2D eigenvalue weighted by Crippen LogP contribution is 2.26. The lowest BCUT2D eigenvalue weighted by Gasteiger charge is -2.13. The van der Waals surface area contributed by atoms with Crippen LogP contribution < -0.4 is 4.72 Å². The van der Waals surface area contributed by atoms with Gasteiger partial charge in [-0.1, -0.05) is 0 Å². The summed E-state index contributed by atoms with van der Waals surface area (Å²) < 4.78 is 44.9. The van der Waals surface area contributed by atoms with Gasteiger partial charge in [-0.2, -0.15) is 11.8 Å². The third kappa shape index (κ3) is 3.96. The maximum atomic E-state index is 13.3. The molecule has 116 valence electrons. The molecule has 1 aromatic carbocycles. The summed E-state index contributed by atoms with van der Waals surface area (Å²) in [6.45, 7) is 0.268. The molecule has 0 spiro atoms. The van der Waals surface area contributed by atoms with Crippen LogP contribution in [0.2, 0.25) is 0 Å². The fourth-order valence-electron chi connectivity index (χ4n) is 2.08. The second-order valence-corrected chi connectivity index (χ2v) is 7.76. The molecule has 0 radical (unpaired) electrons. The topological polar surface area (TPSA) is 72.5 Å². The third-order valence-corrected chi connectivity index (χ3v) is 6.03. The van der Waals surface area contributed by atoms with Crippen LogP contribution in [0.1, 0.15) is 23.2 Å². The summed E-state index contributed by atoms with van der Waals surface area (Å²) in [6.07, 6.45) is 2.00. The van der Waals surface area contributed by atoms with Gasteiger partial charge in [-0.05, 0) is 36.8 Å². The Morgan fingerprint density at radius 3 is 2.90 bits per heavy atom. The Hall–Kier alpha value is -1.12. The van der Waals surface area contributed by atoms with Crippen LogP contribution >= 0.6 is 11.8 Å². The van der Waals surface area contributed by atoms with Gasteiger partial charge in [0.1, 0.15) is 5.82 Å². The average Bonchev–Trinajstić information content (AvgIpc) is 2.98. The van der Waals surface area contributed by atoms with Gasteiger partial charge >= 0.3 is 5.97 Å². The van der Waals surface area contributed by atoms with Gasteiger partial charge in [0.2, 0.25) is 10.0 Å². The monoisotopic (exact) mass is 333 g/mol. The molecule has 8 heteroatoms. The lowest BCUT2D eigenvalue weighted by molar-refractivity contribution is 0.0596. The minimum absolute atomic E-state index is 0.175. The molecule has 5 nitrogen and oxygen atoms in total. The smallest absolute Gasteiger partial charge is 0.339 e. The number of benzene rings is 1. The number of halogens is 1. The van der Waals surface area contributed by atoms with Gasteiger partial charge < -0.3 is 4.74 Å². The zero-order chi connectivity index (χ0) is 15.5. The number of sulfonamides is 1. The van der Waals surface area contributed by atoms with Crippen molar-refractivity contribution in [3.63, 3.8) is 0 Å². The highest BCUT2D eigenvalue weighted by atomic mass is 32.2. The van der Waals surface area contributed by atoms with E-state index >= 15 is 0 Å². The number of hydrogen-bond acceptors (Lipinski definition) is 5. The van der Waals surface area contributed by atoms with Crippen molar-refractivity contribution < 1.29 is 22.3 Å². The van der Waals surface area contributed by atoms with Crippen molar-refractivity contribution in [2.24, 2.45) is 0 Å². The van der Waals surface area contributed by atoms with E-state index < -0.39 is 26.7 Å². The van der Waals surface area contributed by atoms with E-state index in [1.807, 2.05) is 0 Å². The first-order valence-electron chi connectivity index (χ1n) is 6.43. The first-order valence-corrected chi connectivity index (χ1v) is 8.96. The van der Waals surface area contributed by atoms with E-state index in [9.17, 15) is 17.6 Å². The molecule has 0 saturated carbocycles. The van der Waals surface area contributed by atoms with E-state index in [0.29, 0.717) is 0 Å². The molecule has 1 atom stereocenters. The highest BCUT2D eigenvalue weighted by molar-refractivity contribution is 8.00. The van der Waals surface area contributed by atoms with Gasteiger partial charge in [0.25, 0.3) is 0 Å². The Morgan fingerprint density at radius 1 is 1.52 bits per heavy atom. The van der Waals surface area contributed by atoms with Crippen molar-refractivity contribution in [2.75, 3.05) is 19.4 Å². The first-order chi connectivity index (χ1) is 9.94. The molecule has 0 bridgehead atoms. The van der Waals surface area contributed by atoms with E-state index in [1.54, 1.807) is 11.8 Å². The SMILES string of the molecule is COC(=O)c1ccc(F)cc1S(=O)(=O)NCC1CCCS1. The van der Waals surface area contributed by atoms with Crippen molar-refractivity contribution in [3.8, 4) is 0 Å². The van der Waals surface area contributed by atoms with Gasteiger partial charge in [0.15, 0.2) is 0 Å². The van der Waals surface area contributed by atoms with Gasteiger partial charge in [0.05, 0.1) is 17.6 Å². The fourth-order valence-corrected chi connectivity index (χ4v) is 4.67. The third-order valence-electron chi connectivity index (χ3n) is 3.16. The van der Waals surface area contributed by atoms with Crippen molar-refractivity contribution in [3.05, 3.63) is 29.6 Å². The summed E-state index contributed by atoms with van der Waals surface area (Å²) in [7, 11) is -2.82. The molecule has 1 N–H and O–H groups in total. The van der Waals surface area contributed by atoms with Gasteiger partial charge in [-0.3, -0.25) is 0 Å². The van der Waals surface area contributed by atoms with E-state index in [0.717, 1.165) is 43.9 Å². The first kappa shape index (κ1) is 16.3. The van der Waals surface area contributed by atoms with Crippen molar-refractivity contribution in [2.45, 2.75) is 23.0 Å². The molecule has 1 fully saturated rings. The minimum atomic E-state index is -3.96. The zero-order valence-electron chi connectivity index (χ0n) is 11.5. The lowest BCUT2D eigenvalue weighted by atomic mass is 10.2. The van der Waals surface area contributed by atoms with Crippen LogP contribution in [-0.2, 0) is 14.8 Å². The molecule has 2 rings (SSSR count). The summed E-state index contributed by atoms with van der Waals surface area (Å²) >= 11 is 1.70. The molecule has 1 aromatic rings. The van der Waals surface area contributed by atoms with Gasteiger partial charge in [-0.25, -0.2) is 22.3 Å². The molecule has 0 amide bonds.